The molecule has 4 aromatic rings. The van der Waals surface area contributed by atoms with Crippen molar-refractivity contribution in [1.29, 1.82) is 0 Å². The van der Waals surface area contributed by atoms with Crippen LogP contribution in [-0.2, 0) is 9.84 Å². The molecule has 0 fully saturated rings. The van der Waals surface area contributed by atoms with Crippen LogP contribution in [0.2, 0.25) is 10.0 Å². The van der Waals surface area contributed by atoms with E-state index in [1.54, 1.807) is 60.7 Å². The summed E-state index contributed by atoms with van der Waals surface area (Å²) in [7, 11) is -3.91. The zero-order valence-electron chi connectivity index (χ0n) is 20.7. The van der Waals surface area contributed by atoms with Crippen LogP contribution in [0.4, 0.5) is 0 Å². The molecule has 37 heavy (non-hydrogen) atoms. The lowest BCUT2D eigenvalue weighted by Gasteiger charge is -2.23. The average Bonchev–Trinajstić information content (AvgIpc) is 2.88. The largest absolute Gasteiger partial charge is 0.227 e. The molecule has 0 bridgehead atoms. The van der Waals surface area contributed by atoms with Crippen LogP contribution in [0, 0.1) is 13.8 Å². The fraction of sp³-hybridized carbons (Fsp3) is 0.125. The molecule has 0 saturated heterocycles. The molecule has 2 atom stereocenters. The molecule has 188 valence electrons. The standard InChI is InChI=1S/C32H28Cl2O2S/c1-23-11-15-25(16-12-23)19-21-31(27-7-3-5-9-29(27)33)37(35,36)32(28-8-4-6-10-30(28)34)22-20-26-17-13-24(2)14-18-26/h3-22,31-32H,1-2H3/b21-19-,22-20-. The minimum Gasteiger partial charge on any atom is -0.227 e. The van der Waals surface area contributed by atoms with Gasteiger partial charge < -0.3 is 0 Å². The minimum atomic E-state index is -3.91. The van der Waals surface area contributed by atoms with Gasteiger partial charge >= 0.3 is 0 Å². The Labute approximate surface area is 229 Å². The Hall–Kier alpha value is -3.11. The Balaban J connectivity index is 1.85. The van der Waals surface area contributed by atoms with Crippen LogP contribution in [-0.4, -0.2) is 8.42 Å². The van der Waals surface area contributed by atoms with Crippen LogP contribution in [0.25, 0.3) is 12.2 Å². The lowest BCUT2D eigenvalue weighted by atomic mass is 10.1. The monoisotopic (exact) mass is 546 g/mol. The summed E-state index contributed by atoms with van der Waals surface area (Å²) >= 11 is 13.1. The summed E-state index contributed by atoms with van der Waals surface area (Å²) in [6.07, 6.45) is 7.09. The first-order valence-corrected chi connectivity index (χ1v) is 14.3. The van der Waals surface area contributed by atoms with Gasteiger partial charge in [-0.25, -0.2) is 8.42 Å². The van der Waals surface area contributed by atoms with Crippen molar-refractivity contribution in [3.8, 4) is 0 Å². The third-order valence-electron chi connectivity index (χ3n) is 6.21. The number of halogens is 2. The molecule has 0 heterocycles. The van der Waals surface area contributed by atoms with Crippen LogP contribution in [0.1, 0.15) is 43.9 Å². The number of hydrogen-bond acceptors (Lipinski definition) is 2. The van der Waals surface area contributed by atoms with Gasteiger partial charge in [-0.1, -0.05) is 144 Å². The molecule has 0 radical (unpaired) electrons. The van der Waals surface area contributed by atoms with Crippen LogP contribution < -0.4 is 0 Å². The number of sulfone groups is 1. The van der Waals surface area contributed by atoms with Crippen LogP contribution in [0.5, 0.6) is 0 Å². The third-order valence-corrected chi connectivity index (χ3v) is 9.14. The maximum Gasteiger partial charge on any atom is 0.171 e. The van der Waals surface area contributed by atoms with E-state index in [4.69, 9.17) is 23.2 Å². The van der Waals surface area contributed by atoms with Crippen molar-refractivity contribution in [1.82, 2.24) is 0 Å². The predicted molar refractivity (Wildman–Crippen MR) is 158 cm³/mol. The summed E-state index contributed by atoms with van der Waals surface area (Å²) in [5.74, 6) is 0. The second-order valence-electron chi connectivity index (χ2n) is 9.01. The van der Waals surface area contributed by atoms with Crippen molar-refractivity contribution in [2.45, 2.75) is 24.3 Å². The molecule has 2 nitrogen and oxygen atoms in total. The van der Waals surface area contributed by atoms with Gasteiger partial charge in [-0.3, -0.25) is 0 Å². The summed E-state index contributed by atoms with van der Waals surface area (Å²) in [6.45, 7) is 4.03. The van der Waals surface area contributed by atoms with Gasteiger partial charge in [0.15, 0.2) is 9.84 Å². The molecule has 4 rings (SSSR count). The van der Waals surface area contributed by atoms with Crippen molar-refractivity contribution in [3.05, 3.63) is 153 Å². The van der Waals surface area contributed by atoms with Gasteiger partial charge in [0.25, 0.3) is 0 Å². The smallest absolute Gasteiger partial charge is 0.171 e. The molecule has 0 N–H and O–H groups in total. The molecule has 0 amide bonds. The summed E-state index contributed by atoms with van der Waals surface area (Å²) < 4.78 is 28.9. The van der Waals surface area contributed by atoms with E-state index in [1.807, 2.05) is 74.5 Å². The van der Waals surface area contributed by atoms with E-state index in [2.05, 4.69) is 0 Å². The summed E-state index contributed by atoms with van der Waals surface area (Å²) in [6, 6.07) is 30.0. The van der Waals surface area contributed by atoms with Crippen LogP contribution in [0.15, 0.2) is 109 Å². The quantitative estimate of drug-likeness (QED) is 0.220. The lowest BCUT2D eigenvalue weighted by molar-refractivity contribution is 0.584. The highest BCUT2D eigenvalue weighted by atomic mass is 35.5. The maximum absolute atomic E-state index is 14.5. The maximum atomic E-state index is 14.5. The van der Waals surface area contributed by atoms with Gasteiger partial charge in [0, 0.05) is 10.0 Å². The number of aryl methyl sites for hydroxylation is 2. The first kappa shape index (κ1) is 26.9. The Bertz CT molecular complexity index is 1410. The molecule has 0 aliphatic carbocycles. The molecule has 0 spiro atoms. The van der Waals surface area contributed by atoms with Gasteiger partial charge in [-0.05, 0) is 48.2 Å². The molecule has 0 saturated carbocycles. The third kappa shape index (κ3) is 6.61. The topological polar surface area (TPSA) is 34.1 Å². The molecule has 2 unspecified atom stereocenters. The second-order valence-corrected chi connectivity index (χ2v) is 12.0. The average molecular weight is 548 g/mol. The van der Waals surface area contributed by atoms with E-state index in [0.717, 1.165) is 22.3 Å². The highest BCUT2D eigenvalue weighted by molar-refractivity contribution is 7.92. The van der Waals surface area contributed by atoms with E-state index in [9.17, 15) is 8.42 Å². The van der Waals surface area contributed by atoms with Gasteiger partial charge in [0.1, 0.15) is 10.5 Å². The normalized spacial score (nSPS) is 13.7. The second kappa shape index (κ2) is 12.0. The van der Waals surface area contributed by atoms with E-state index in [0.29, 0.717) is 21.2 Å². The minimum absolute atomic E-state index is 0.394. The summed E-state index contributed by atoms with van der Waals surface area (Å²) in [5.41, 5.74) is 5.12. The fourth-order valence-corrected chi connectivity index (χ4v) is 6.77. The Morgan fingerprint density at radius 2 is 0.919 bits per heavy atom. The van der Waals surface area contributed by atoms with Crippen molar-refractivity contribution in [2.75, 3.05) is 0 Å². The van der Waals surface area contributed by atoms with E-state index < -0.39 is 20.3 Å². The van der Waals surface area contributed by atoms with Gasteiger partial charge in [-0.2, -0.15) is 0 Å². The van der Waals surface area contributed by atoms with Crippen molar-refractivity contribution in [2.24, 2.45) is 0 Å². The summed E-state index contributed by atoms with van der Waals surface area (Å²) in [4.78, 5) is 0. The number of benzene rings is 4. The van der Waals surface area contributed by atoms with E-state index in [1.165, 1.54) is 0 Å². The Morgan fingerprint density at radius 1 is 0.568 bits per heavy atom. The number of hydrogen-bond donors (Lipinski definition) is 0. The van der Waals surface area contributed by atoms with Crippen LogP contribution >= 0.6 is 23.2 Å². The Morgan fingerprint density at radius 3 is 1.27 bits per heavy atom. The molecule has 5 heteroatoms. The zero-order chi connectivity index (χ0) is 26.4. The van der Waals surface area contributed by atoms with E-state index >= 15 is 0 Å². The highest BCUT2D eigenvalue weighted by Gasteiger charge is 2.35. The van der Waals surface area contributed by atoms with Gasteiger partial charge in [0.05, 0.1) is 0 Å². The number of rotatable bonds is 8. The molecule has 4 aromatic carbocycles. The fourth-order valence-electron chi connectivity index (χ4n) is 4.10. The lowest BCUT2D eigenvalue weighted by Crippen LogP contribution is -2.19. The molecular weight excluding hydrogens is 519 g/mol. The van der Waals surface area contributed by atoms with Crippen molar-refractivity contribution >= 4 is 45.2 Å². The zero-order valence-corrected chi connectivity index (χ0v) is 23.0. The first-order chi connectivity index (χ1) is 17.8. The SMILES string of the molecule is Cc1ccc(/C=C\C(c2ccccc2Cl)S(=O)(=O)C(/C=C\c2ccc(C)cc2)c2ccccc2Cl)cc1. The first-order valence-electron chi connectivity index (χ1n) is 12.0. The van der Waals surface area contributed by atoms with E-state index in [-0.39, 0.29) is 0 Å². The van der Waals surface area contributed by atoms with Crippen molar-refractivity contribution in [3.63, 3.8) is 0 Å². The van der Waals surface area contributed by atoms with Crippen molar-refractivity contribution < 1.29 is 8.42 Å². The highest BCUT2D eigenvalue weighted by Crippen LogP contribution is 2.41. The predicted octanol–water partition coefficient (Wildman–Crippen LogP) is 9.23. The molecular formula is C32H28Cl2O2S. The van der Waals surface area contributed by atoms with Gasteiger partial charge in [0.2, 0.25) is 0 Å². The molecule has 0 aliphatic heterocycles. The Kier molecular flexibility index (Phi) is 8.71. The molecule has 0 aromatic heterocycles. The van der Waals surface area contributed by atoms with Crippen LogP contribution in [0.3, 0.4) is 0 Å². The summed E-state index contributed by atoms with van der Waals surface area (Å²) in [5, 5.41) is -1.20. The molecule has 0 aliphatic rings. The van der Waals surface area contributed by atoms with Gasteiger partial charge in [-0.15, -0.1) is 0 Å².